The number of amides is 3. The van der Waals surface area contributed by atoms with Crippen LogP contribution in [0.3, 0.4) is 0 Å². The molecule has 2 aromatic rings. The summed E-state index contributed by atoms with van der Waals surface area (Å²) in [5.41, 5.74) is 9.81. The second kappa shape index (κ2) is 10.8. The number of nitrogens with two attached hydrogens (primary N) is 1. The lowest BCUT2D eigenvalue weighted by Gasteiger charge is -2.09. The van der Waals surface area contributed by atoms with E-state index in [9.17, 15) is 14.0 Å². The second-order valence-electron chi connectivity index (χ2n) is 5.86. The number of nitrogen functional groups attached to an aromatic ring is 1. The van der Waals surface area contributed by atoms with Crippen molar-refractivity contribution in [1.29, 1.82) is 0 Å². The van der Waals surface area contributed by atoms with Gasteiger partial charge in [0.25, 0.3) is 0 Å². The van der Waals surface area contributed by atoms with Gasteiger partial charge >= 0.3 is 6.03 Å². The molecule has 2 aromatic carbocycles. The molecule has 5 N–H and O–H groups in total. The van der Waals surface area contributed by atoms with E-state index in [0.717, 1.165) is 5.56 Å². The normalized spacial score (nSPS) is 10.3. The minimum atomic E-state index is -0.388. The summed E-state index contributed by atoms with van der Waals surface area (Å²) >= 11 is 0. The van der Waals surface area contributed by atoms with Crippen molar-refractivity contribution < 1.29 is 18.8 Å². The molecule has 27 heavy (non-hydrogen) atoms. The third-order valence-corrected chi connectivity index (χ3v) is 3.67. The fraction of sp³-hybridized carbons (Fsp3) is 0.263. The summed E-state index contributed by atoms with van der Waals surface area (Å²) in [5.74, 6) is -0.726. The summed E-state index contributed by atoms with van der Waals surface area (Å²) in [6.07, 6.45) is 0.625. The van der Waals surface area contributed by atoms with E-state index in [1.165, 1.54) is 6.07 Å². The summed E-state index contributed by atoms with van der Waals surface area (Å²) in [7, 11) is 0. The van der Waals surface area contributed by atoms with Crippen LogP contribution in [-0.2, 0) is 22.8 Å². The van der Waals surface area contributed by atoms with E-state index >= 15 is 0 Å². The maximum Gasteiger partial charge on any atom is 0.315 e. The number of carbonyl (C=O) groups excluding carboxylic acids is 2. The van der Waals surface area contributed by atoms with E-state index in [1.54, 1.807) is 30.3 Å². The number of carbonyl (C=O) groups is 2. The van der Waals surface area contributed by atoms with Gasteiger partial charge < -0.3 is 16.4 Å². The van der Waals surface area contributed by atoms with Gasteiger partial charge in [-0.25, -0.2) is 14.7 Å². The van der Waals surface area contributed by atoms with Crippen LogP contribution in [0.15, 0.2) is 48.5 Å². The van der Waals surface area contributed by atoms with Crippen molar-refractivity contribution in [3.05, 3.63) is 65.5 Å². The molecular formula is C19H23FN4O3. The Morgan fingerprint density at radius 3 is 2.52 bits per heavy atom. The molecule has 0 spiro atoms. The SMILES string of the molecule is Nc1ccc(CNC(=O)NCCCC(=O)NOCc2ccccc2F)cc1. The van der Waals surface area contributed by atoms with Gasteiger partial charge in [-0.3, -0.25) is 9.63 Å². The van der Waals surface area contributed by atoms with E-state index in [0.29, 0.717) is 30.8 Å². The molecule has 0 bridgehead atoms. The number of anilines is 1. The fourth-order valence-electron chi connectivity index (χ4n) is 2.19. The lowest BCUT2D eigenvalue weighted by Crippen LogP contribution is -2.36. The molecule has 3 amide bonds. The Kier molecular flexibility index (Phi) is 8.05. The molecule has 0 heterocycles. The van der Waals surface area contributed by atoms with E-state index in [4.69, 9.17) is 10.6 Å². The molecule has 0 unspecified atom stereocenters. The van der Waals surface area contributed by atoms with Crippen LogP contribution >= 0.6 is 0 Å². The summed E-state index contributed by atoms with van der Waals surface area (Å²) in [5, 5.41) is 5.38. The molecule has 0 aliphatic rings. The topological polar surface area (TPSA) is 105 Å². The monoisotopic (exact) mass is 374 g/mol. The smallest absolute Gasteiger partial charge is 0.315 e. The molecule has 0 fully saturated rings. The first-order valence-electron chi connectivity index (χ1n) is 8.55. The third kappa shape index (κ3) is 7.74. The van der Waals surface area contributed by atoms with Crippen LogP contribution in [0.4, 0.5) is 14.9 Å². The maximum atomic E-state index is 13.4. The van der Waals surface area contributed by atoms with Crippen molar-refractivity contribution in [2.45, 2.75) is 26.0 Å². The molecule has 0 radical (unpaired) electrons. The molecule has 7 nitrogen and oxygen atoms in total. The van der Waals surface area contributed by atoms with Crippen LogP contribution < -0.4 is 21.8 Å². The van der Waals surface area contributed by atoms with Crippen molar-refractivity contribution in [3.8, 4) is 0 Å². The predicted octanol–water partition coefficient (Wildman–Crippen LogP) is 2.24. The molecule has 0 aromatic heterocycles. The zero-order valence-corrected chi connectivity index (χ0v) is 14.8. The van der Waals surface area contributed by atoms with Gasteiger partial charge in [0.05, 0.1) is 0 Å². The number of hydroxylamine groups is 1. The number of urea groups is 1. The first-order chi connectivity index (χ1) is 13.0. The Balaban J connectivity index is 1.52. The number of hydrogen-bond donors (Lipinski definition) is 4. The summed E-state index contributed by atoms with van der Waals surface area (Å²) < 4.78 is 13.4. The van der Waals surface area contributed by atoms with Gasteiger partial charge in [0, 0.05) is 30.8 Å². The van der Waals surface area contributed by atoms with Gasteiger partial charge in [-0.2, -0.15) is 0 Å². The zero-order valence-electron chi connectivity index (χ0n) is 14.8. The maximum absolute atomic E-state index is 13.4. The van der Waals surface area contributed by atoms with Crippen molar-refractivity contribution in [1.82, 2.24) is 16.1 Å². The van der Waals surface area contributed by atoms with Gasteiger partial charge in [0.15, 0.2) is 0 Å². The average molecular weight is 374 g/mol. The van der Waals surface area contributed by atoms with Crippen molar-refractivity contribution >= 4 is 17.6 Å². The third-order valence-electron chi connectivity index (χ3n) is 3.67. The quantitative estimate of drug-likeness (QED) is 0.307. The Labute approximate surface area is 157 Å². The molecule has 0 saturated heterocycles. The van der Waals surface area contributed by atoms with Crippen LogP contribution in [0.25, 0.3) is 0 Å². The van der Waals surface area contributed by atoms with Crippen molar-refractivity contribution in [2.75, 3.05) is 12.3 Å². The van der Waals surface area contributed by atoms with Crippen LogP contribution in [0.2, 0.25) is 0 Å². The van der Waals surface area contributed by atoms with Gasteiger partial charge in [-0.05, 0) is 30.2 Å². The Hall–Kier alpha value is -3.13. The summed E-state index contributed by atoms with van der Waals surface area (Å²) in [6, 6.07) is 13.1. The minimum absolute atomic E-state index is 0.0514. The predicted molar refractivity (Wildman–Crippen MR) is 99.7 cm³/mol. The standard InChI is InChI=1S/C19H23FN4O3/c20-17-5-2-1-4-15(17)13-27-24-18(25)6-3-11-22-19(26)23-12-14-7-9-16(21)10-8-14/h1-2,4-5,7-10H,3,6,11-13,21H2,(H,24,25)(H2,22,23,26). The van der Waals surface area contributed by atoms with E-state index in [1.807, 2.05) is 12.1 Å². The van der Waals surface area contributed by atoms with Crippen LogP contribution in [0, 0.1) is 5.82 Å². The number of hydrogen-bond acceptors (Lipinski definition) is 4. The molecular weight excluding hydrogens is 351 g/mol. The highest BCUT2D eigenvalue weighted by Crippen LogP contribution is 2.07. The molecule has 0 aliphatic carbocycles. The molecule has 0 saturated carbocycles. The number of nitrogens with one attached hydrogen (secondary N) is 3. The van der Waals surface area contributed by atoms with E-state index in [-0.39, 0.29) is 30.8 Å². The molecule has 0 aliphatic heterocycles. The Bertz CT molecular complexity index is 753. The Morgan fingerprint density at radius 1 is 1.04 bits per heavy atom. The highest BCUT2D eigenvalue weighted by Gasteiger charge is 2.05. The van der Waals surface area contributed by atoms with Gasteiger partial charge in [-0.15, -0.1) is 0 Å². The summed E-state index contributed by atoms with van der Waals surface area (Å²) in [4.78, 5) is 28.3. The van der Waals surface area contributed by atoms with Gasteiger partial charge in [0.2, 0.25) is 5.91 Å². The first kappa shape index (κ1) is 20.2. The van der Waals surface area contributed by atoms with E-state index < -0.39 is 0 Å². The Morgan fingerprint density at radius 2 is 1.78 bits per heavy atom. The highest BCUT2D eigenvalue weighted by molar-refractivity contribution is 5.75. The largest absolute Gasteiger partial charge is 0.399 e. The molecule has 8 heteroatoms. The summed E-state index contributed by atoms with van der Waals surface area (Å²) in [6.45, 7) is 0.676. The van der Waals surface area contributed by atoms with Gasteiger partial charge in [0.1, 0.15) is 12.4 Å². The van der Waals surface area contributed by atoms with E-state index in [2.05, 4.69) is 16.1 Å². The number of halogens is 1. The fourth-order valence-corrected chi connectivity index (χ4v) is 2.19. The lowest BCUT2D eigenvalue weighted by atomic mass is 10.2. The van der Waals surface area contributed by atoms with Gasteiger partial charge in [-0.1, -0.05) is 30.3 Å². The van der Waals surface area contributed by atoms with Crippen LogP contribution in [0.1, 0.15) is 24.0 Å². The average Bonchev–Trinajstić information content (AvgIpc) is 2.66. The van der Waals surface area contributed by atoms with Crippen LogP contribution in [0.5, 0.6) is 0 Å². The lowest BCUT2D eigenvalue weighted by molar-refractivity contribution is -0.134. The van der Waals surface area contributed by atoms with Crippen molar-refractivity contribution in [2.24, 2.45) is 0 Å². The first-order valence-corrected chi connectivity index (χ1v) is 8.55. The highest BCUT2D eigenvalue weighted by atomic mass is 19.1. The number of benzene rings is 2. The second-order valence-corrected chi connectivity index (χ2v) is 5.86. The molecule has 0 atom stereocenters. The van der Waals surface area contributed by atoms with Crippen LogP contribution in [-0.4, -0.2) is 18.5 Å². The minimum Gasteiger partial charge on any atom is -0.399 e. The zero-order chi connectivity index (χ0) is 19.5. The molecule has 2 rings (SSSR count). The number of rotatable bonds is 9. The molecule has 144 valence electrons. The van der Waals surface area contributed by atoms with Crippen molar-refractivity contribution in [3.63, 3.8) is 0 Å².